The first-order valence-corrected chi connectivity index (χ1v) is 6.93. The van der Waals surface area contributed by atoms with Crippen LogP contribution in [0.15, 0.2) is 48.5 Å². The van der Waals surface area contributed by atoms with E-state index in [1.54, 1.807) is 24.3 Å². The van der Waals surface area contributed by atoms with E-state index in [-0.39, 0.29) is 12.0 Å². The predicted molar refractivity (Wildman–Crippen MR) is 82.0 cm³/mol. The van der Waals surface area contributed by atoms with Gasteiger partial charge in [-0.05, 0) is 35.9 Å². The van der Waals surface area contributed by atoms with Crippen molar-refractivity contribution in [2.24, 2.45) is 5.73 Å². The molecule has 4 nitrogen and oxygen atoms in total. The van der Waals surface area contributed by atoms with Crippen LogP contribution in [0.5, 0.6) is 0 Å². The van der Waals surface area contributed by atoms with Crippen LogP contribution in [-0.2, 0) is 11.2 Å². The zero-order valence-electron chi connectivity index (χ0n) is 11.6. The molecule has 6 heteroatoms. The van der Waals surface area contributed by atoms with Gasteiger partial charge in [-0.2, -0.15) is 0 Å². The van der Waals surface area contributed by atoms with Gasteiger partial charge in [0.2, 0.25) is 5.91 Å². The summed E-state index contributed by atoms with van der Waals surface area (Å²) in [7, 11) is 0. The number of primary amides is 1. The summed E-state index contributed by atoms with van der Waals surface area (Å²) in [6.07, 6.45) is 0.230. The van der Waals surface area contributed by atoms with Gasteiger partial charge in [-0.15, -0.1) is 0 Å². The number of rotatable bonds is 5. The molecule has 2 aromatic rings. The molecule has 0 aromatic heterocycles. The van der Waals surface area contributed by atoms with Crippen molar-refractivity contribution in [1.82, 2.24) is 5.32 Å². The quantitative estimate of drug-likeness (QED) is 0.887. The number of amides is 2. The molecule has 0 fully saturated rings. The summed E-state index contributed by atoms with van der Waals surface area (Å²) in [5.41, 5.74) is 6.24. The summed E-state index contributed by atoms with van der Waals surface area (Å²) in [6.45, 7) is 0. The van der Waals surface area contributed by atoms with Crippen LogP contribution < -0.4 is 11.1 Å². The van der Waals surface area contributed by atoms with Crippen LogP contribution in [0.3, 0.4) is 0 Å². The SMILES string of the molecule is NC(=O)[C@@H](Cc1ccc(Cl)cc1)NC(=O)c1cccc(F)c1. The van der Waals surface area contributed by atoms with E-state index in [0.29, 0.717) is 5.02 Å². The molecule has 2 aromatic carbocycles. The highest BCUT2D eigenvalue weighted by Crippen LogP contribution is 2.11. The predicted octanol–water partition coefficient (Wildman–Crippen LogP) is 2.31. The number of nitrogens with one attached hydrogen (secondary N) is 1. The Morgan fingerprint density at radius 3 is 2.45 bits per heavy atom. The van der Waals surface area contributed by atoms with Gasteiger partial charge in [0.15, 0.2) is 0 Å². The van der Waals surface area contributed by atoms with Gasteiger partial charge >= 0.3 is 0 Å². The maximum Gasteiger partial charge on any atom is 0.252 e. The van der Waals surface area contributed by atoms with Gasteiger partial charge in [0.25, 0.3) is 5.91 Å². The second kappa shape index (κ2) is 7.04. The molecule has 2 rings (SSSR count). The average Bonchev–Trinajstić information content (AvgIpc) is 2.48. The summed E-state index contributed by atoms with van der Waals surface area (Å²) in [5.74, 6) is -1.75. The minimum absolute atomic E-state index is 0.127. The summed E-state index contributed by atoms with van der Waals surface area (Å²) < 4.78 is 13.1. The standard InChI is InChI=1S/C16H14ClFN2O2/c17-12-6-4-10(5-7-12)8-14(15(19)21)20-16(22)11-2-1-3-13(18)9-11/h1-7,9,14H,8H2,(H2,19,21)(H,20,22)/t14-/m1/s1. The second-order valence-corrected chi connectivity index (χ2v) is 5.21. The van der Waals surface area contributed by atoms with Crippen molar-refractivity contribution in [2.45, 2.75) is 12.5 Å². The first-order chi connectivity index (χ1) is 10.5. The first kappa shape index (κ1) is 16.0. The van der Waals surface area contributed by atoms with Crippen molar-refractivity contribution < 1.29 is 14.0 Å². The van der Waals surface area contributed by atoms with Crippen molar-refractivity contribution in [3.63, 3.8) is 0 Å². The molecule has 0 radical (unpaired) electrons. The van der Waals surface area contributed by atoms with E-state index in [1.165, 1.54) is 18.2 Å². The number of hydrogen-bond acceptors (Lipinski definition) is 2. The molecule has 2 amide bonds. The van der Waals surface area contributed by atoms with E-state index in [4.69, 9.17) is 17.3 Å². The molecule has 0 saturated carbocycles. The molecule has 0 bridgehead atoms. The molecule has 0 unspecified atom stereocenters. The zero-order valence-corrected chi connectivity index (χ0v) is 12.3. The minimum atomic E-state index is -0.892. The third-order valence-electron chi connectivity index (χ3n) is 3.09. The highest BCUT2D eigenvalue weighted by molar-refractivity contribution is 6.30. The summed E-state index contributed by atoms with van der Waals surface area (Å²) in [6, 6.07) is 11.2. The normalized spacial score (nSPS) is 11.7. The molecule has 0 aliphatic carbocycles. The molecule has 22 heavy (non-hydrogen) atoms. The van der Waals surface area contributed by atoms with E-state index in [9.17, 15) is 14.0 Å². The number of halogens is 2. The number of benzene rings is 2. The molecule has 0 saturated heterocycles. The van der Waals surface area contributed by atoms with Crippen molar-refractivity contribution in [3.05, 3.63) is 70.5 Å². The molecule has 3 N–H and O–H groups in total. The zero-order chi connectivity index (χ0) is 16.1. The number of nitrogens with two attached hydrogens (primary N) is 1. The molecule has 1 atom stereocenters. The topological polar surface area (TPSA) is 72.2 Å². The fourth-order valence-electron chi connectivity index (χ4n) is 1.95. The fraction of sp³-hybridized carbons (Fsp3) is 0.125. The first-order valence-electron chi connectivity index (χ1n) is 6.56. The van der Waals surface area contributed by atoms with Crippen LogP contribution >= 0.6 is 11.6 Å². The van der Waals surface area contributed by atoms with Crippen molar-refractivity contribution >= 4 is 23.4 Å². The summed E-state index contributed by atoms with van der Waals surface area (Å²) in [4.78, 5) is 23.6. The molecule has 0 aliphatic rings. The molecule has 0 aliphatic heterocycles. The Labute approximate surface area is 132 Å². The summed E-state index contributed by atoms with van der Waals surface area (Å²) >= 11 is 5.79. The van der Waals surface area contributed by atoms with Crippen molar-refractivity contribution in [2.75, 3.05) is 0 Å². The van der Waals surface area contributed by atoms with E-state index < -0.39 is 23.7 Å². The number of carbonyl (C=O) groups excluding carboxylic acids is 2. The lowest BCUT2D eigenvalue weighted by Gasteiger charge is -2.15. The Kier molecular flexibility index (Phi) is 5.12. The lowest BCUT2D eigenvalue weighted by atomic mass is 10.0. The Bertz CT molecular complexity index is 689. The molecule has 0 heterocycles. The summed E-state index contributed by atoms with van der Waals surface area (Å²) in [5, 5.41) is 3.08. The molecule has 0 spiro atoms. The lowest BCUT2D eigenvalue weighted by molar-refractivity contribution is -0.119. The van der Waals surface area contributed by atoms with E-state index >= 15 is 0 Å². The van der Waals surface area contributed by atoms with Gasteiger partial charge in [0, 0.05) is 17.0 Å². The van der Waals surface area contributed by atoms with Crippen molar-refractivity contribution in [1.29, 1.82) is 0 Å². The molecule has 114 valence electrons. The van der Waals surface area contributed by atoms with E-state index in [1.807, 2.05) is 0 Å². The average molecular weight is 321 g/mol. The van der Waals surface area contributed by atoms with Gasteiger partial charge in [-0.1, -0.05) is 29.8 Å². The van der Waals surface area contributed by atoms with E-state index in [0.717, 1.165) is 11.6 Å². The van der Waals surface area contributed by atoms with Gasteiger partial charge in [-0.3, -0.25) is 9.59 Å². The second-order valence-electron chi connectivity index (χ2n) is 4.77. The third kappa shape index (κ3) is 4.30. The highest BCUT2D eigenvalue weighted by Gasteiger charge is 2.19. The number of carbonyl (C=O) groups is 2. The third-order valence-corrected chi connectivity index (χ3v) is 3.34. The maximum absolute atomic E-state index is 13.1. The van der Waals surface area contributed by atoms with Gasteiger partial charge < -0.3 is 11.1 Å². The van der Waals surface area contributed by atoms with Crippen molar-refractivity contribution in [3.8, 4) is 0 Å². The van der Waals surface area contributed by atoms with Gasteiger partial charge in [0.05, 0.1) is 0 Å². The largest absolute Gasteiger partial charge is 0.368 e. The number of hydrogen-bond donors (Lipinski definition) is 2. The Morgan fingerprint density at radius 2 is 1.86 bits per heavy atom. The maximum atomic E-state index is 13.1. The monoisotopic (exact) mass is 320 g/mol. The van der Waals surface area contributed by atoms with Crippen LogP contribution in [0.25, 0.3) is 0 Å². The fourth-order valence-corrected chi connectivity index (χ4v) is 2.08. The minimum Gasteiger partial charge on any atom is -0.368 e. The van der Waals surface area contributed by atoms with Crippen LogP contribution in [0.1, 0.15) is 15.9 Å². The molecular formula is C16H14ClFN2O2. The Balaban J connectivity index is 2.10. The Morgan fingerprint density at radius 1 is 1.18 bits per heavy atom. The van der Waals surface area contributed by atoms with Crippen LogP contribution in [0.2, 0.25) is 5.02 Å². The van der Waals surface area contributed by atoms with Gasteiger partial charge in [0.1, 0.15) is 11.9 Å². The van der Waals surface area contributed by atoms with Crippen LogP contribution in [0, 0.1) is 5.82 Å². The molecular weight excluding hydrogens is 307 g/mol. The van der Waals surface area contributed by atoms with E-state index in [2.05, 4.69) is 5.32 Å². The lowest BCUT2D eigenvalue weighted by Crippen LogP contribution is -2.45. The Hall–Kier alpha value is -2.40. The smallest absolute Gasteiger partial charge is 0.252 e. The van der Waals surface area contributed by atoms with Gasteiger partial charge in [-0.25, -0.2) is 4.39 Å². The highest BCUT2D eigenvalue weighted by atomic mass is 35.5. The van der Waals surface area contributed by atoms with Crippen LogP contribution in [0.4, 0.5) is 4.39 Å². The van der Waals surface area contributed by atoms with Crippen LogP contribution in [-0.4, -0.2) is 17.9 Å².